The van der Waals surface area contributed by atoms with Crippen molar-refractivity contribution < 1.29 is 9.47 Å². The highest BCUT2D eigenvalue weighted by atomic mass is 16.5. The first-order valence-electron chi connectivity index (χ1n) is 7.72. The molecule has 0 aliphatic rings. The summed E-state index contributed by atoms with van der Waals surface area (Å²) in [6, 6.07) is 8.02. The first kappa shape index (κ1) is 16.8. The van der Waals surface area contributed by atoms with E-state index in [0.717, 1.165) is 18.8 Å². The first-order valence-corrected chi connectivity index (χ1v) is 7.72. The van der Waals surface area contributed by atoms with Crippen LogP contribution in [0.2, 0.25) is 0 Å². The molecule has 0 atom stereocenters. The predicted molar refractivity (Wildman–Crippen MR) is 85.2 cm³/mol. The van der Waals surface area contributed by atoms with Crippen molar-refractivity contribution in [3.8, 4) is 5.75 Å². The second-order valence-electron chi connectivity index (χ2n) is 5.01. The quantitative estimate of drug-likeness (QED) is 0.412. The van der Waals surface area contributed by atoms with Gasteiger partial charge in [-0.3, -0.25) is 0 Å². The van der Waals surface area contributed by atoms with Crippen LogP contribution in [0.4, 0.5) is 0 Å². The molecule has 1 aromatic carbocycles. The van der Waals surface area contributed by atoms with Gasteiger partial charge in [0, 0.05) is 0 Å². The summed E-state index contributed by atoms with van der Waals surface area (Å²) in [5.41, 5.74) is 1.19. The zero-order valence-electron chi connectivity index (χ0n) is 12.9. The standard InChI is InChI=1S/C18H28O2/c1-3-4-5-6-7-8-9-10-15-20-16-17-11-13-18(19-2)14-12-17/h8-9,11-14H,3-7,10,15-16H2,1-2H3/b9-8-. The summed E-state index contributed by atoms with van der Waals surface area (Å²) in [6.45, 7) is 3.71. The van der Waals surface area contributed by atoms with Crippen molar-refractivity contribution >= 4 is 0 Å². The van der Waals surface area contributed by atoms with Crippen molar-refractivity contribution in [2.75, 3.05) is 13.7 Å². The van der Waals surface area contributed by atoms with Crippen LogP contribution in [0.3, 0.4) is 0 Å². The van der Waals surface area contributed by atoms with E-state index in [1.54, 1.807) is 7.11 Å². The molecule has 2 nitrogen and oxygen atoms in total. The van der Waals surface area contributed by atoms with Crippen molar-refractivity contribution in [3.63, 3.8) is 0 Å². The third-order valence-electron chi connectivity index (χ3n) is 3.25. The fourth-order valence-corrected chi connectivity index (χ4v) is 1.99. The van der Waals surface area contributed by atoms with Crippen LogP contribution in [0.25, 0.3) is 0 Å². The lowest BCUT2D eigenvalue weighted by Crippen LogP contribution is -1.94. The minimum Gasteiger partial charge on any atom is -0.497 e. The van der Waals surface area contributed by atoms with E-state index in [2.05, 4.69) is 19.1 Å². The monoisotopic (exact) mass is 276 g/mol. The third kappa shape index (κ3) is 8.00. The molecule has 0 saturated heterocycles. The molecule has 0 bridgehead atoms. The summed E-state index contributed by atoms with van der Waals surface area (Å²) in [6.07, 6.45) is 12.1. The minimum atomic E-state index is 0.675. The first-order chi connectivity index (χ1) is 9.86. The molecule has 0 aliphatic heterocycles. The lowest BCUT2D eigenvalue weighted by molar-refractivity contribution is 0.125. The summed E-state index contributed by atoms with van der Waals surface area (Å²) >= 11 is 0. The van der Waals surface area contributed by atoms with Gasteiger partial charge >= 0.3 is 0 Å². The van der Waals surface area contributed by atoms with E-state index in [1.165, 1.54) is 37.7 Å². The Labute approximate surface area is 123 Å². The summed E-state index contributed by atoms with van der Waals surface area (Å²) in [5, 5.41) is 0. The zero-order valence-corrected chi connectivity index (χ0v) is 12.9. The largest absolute Gasteiger partial charge is 0.497 e. The van der Waals surface area contributed by atoms with Gasteiger partial charge in [0.15, 0.2) is 0 Å². The molecule has 0 N–H and O–H groups in total. The summed E-state index contributed by atoms with van der Waals surface area (Å²) in [5.74, 6) is 0.889. The number of methoxy groups -OCH3 is 1. The van der Waals surface area contributed by atoms with Crippen LogP contribution in [0, 0.1) is 0 Å². The highest BCUT2D eigenvalue weighted by Crippen LogP contribution is 2.12. The van der Waals surface area contributed by atoms with E-state index in [0.29, 0.717) is 6.61 Å². The average molecular weight is 276 g/mol. The van der Waals surface area contributed by atoms with Crippen LogP contribution in [0.5, 0.6) is 5.75 Å². The molecule has 112 valence electrons. The van der Waals surface area contributed by atoms with Crippen LogP contribution in [-0.2, 0) is 11.3 Å². The van der Waals surface area contributed by atoms with Gasteiger partial charge in [-0.2, -0.15) is 0 Å². The number of hydrogen-bond donors (Lipinski definition) is 0. The van der Waals surface area contributed by atoms with Gasteiger partial charge in [-0.05, 0) is 37.0 Å². The SMILES string of the molecule is CCCCCC/C=C\CCOCc1ccc(OC)cc1. The Morgan fingerprint density at radius 1 is 0.950 bits per heavy atom. The topological polar surface area (TPSA) is 18.5 Å². The Balaban J connectivity index is 1.99. The molecule has 0 aromatic heterocycles. The molecular formula is C18H28O2. The fraction of sp³-hybridized carbons (Fsp3) is 0.556. The van der Waals surface area contributed by atoms with Crippen LogP contribution in [0.15, 0.2) is 36.4 Å². The second-order valence-corrected chi connectivity index (χ2v) is 5.01. The summed E-state index contributed by atoms with van der Waals surface area (Å²) in [7, 11) is 1.68. The molecule has 0 unspecified atom stereocenters. The van der Waals surface area contributed by atoms with Crippen molar-refractivity contribution in [1.82, 2.24) is 0 Å². The maximum Gasteiger partial charge on any atom is 0.118 e. The van der Waals surface area contributed by atoms with Gasteiger partial charge in [-0.15, -0.1) is 0 Å². The van der Waals surface area contributed by atoms with E-state index in [9.17, 15) is 0 Å². The average Bonchev–Trinajstić information content (AvgIpc) is 2.50. The molecule has 0 amide bonds. The Morgan fingerprint density at radius 3 is 2.40 bits per heavy atom. The molecule has 0 saturated carbocycles. The zero-order chi connectivity index (χ0) is 14.5. The maximum absolute atomic E-state index is 5.65. The Hall–Kier alpha value is -1.28. The molecule has 1 aromatic rings. The molecule has 2 heteroatoms. The minimum absolute atomic E-state index is 0.675. The van der Waals surface area contributed by atoms with Crippen LogP contribution in [0.1, 0.15) is 51.0 Å². The van der Waals surface area contributed by atoms with E-state index >= 15 is 0 Å². The predicted octanol–water partition coefficient (Wildman–Crippen LogP) is 5.13. The molecule has 0 heterocycles. The highest BCUT2D eigenvalue weighted by Gasteiger charge is 1.94. The fourth-order valence-electron chi connectivity index (χ4n) is 1.99. The maximum atomic E-state index is 5.65. The van der Waals surface area contributed by atoms with E-state index in [1.807, 2.05) is 24.3 Å². The van der Waals surface area contributed by atoms with Crippen molar-refractivity contribution in [2.45, 2.75) is 52.1 Å². The van der Waals surface area contributed by atoms with E-state index < -0.39 is 0 Å². The molecule has 0 aliphatic carbocycles. The van der Waals surface area contributed by atoms with Crippen molar-refractivity contribution in [2.24, 2.45) is 0 Å². The molecule has 20 heavy (non-hydrogen) atoms. The molecular weight excluding hydrogens is 248 g/mol. The van der Waals surface area contributed by atoms with Gasteiger partial charge in [0.2, 0.25) is 0 Å². The summed E-state index contributed by atoms with van der Waals surface area (Å²) < 4.78 is 10.8. The van der Waals surface area contributed by atoms with Gasteiger partial charge in [0.05, 0.1) is 20.3 Å². The van der Waals surface area contributed by atoms with E-state index in [4.69, 9.17) is 9.47 Å². The number of rotatable bonds is 11. The van der Waals surface area contributed by atoms with Crippen molar-refractivity contribution in [1.29, 1.82) is 0 Å². The van der Waals surface area contributed by atoms with Gasteiger partial charge in [-0.1, -0.05) is 50.5 Å². The Kier molecular flexibility index (Phi) is 9.68. The molecule has 0 radical (unpaired) electrons. The van der Waals surface area contributed by atoms with Crippen LogP contribution in [-0.4, -0.2) is 13.7 Å². The van der Waals surface area contributed by atoms with Crippen LogP contribution >= 0.6 is 0 Å². The number of allylic oxidation sites excluding steroid dienone is 1. The summed E-state index contributed by atoms with van der Waals surface area (Å²) in [4.78, 5) is 0. The van der Waals surface area contributed by atoms with E-state index in [-0.39, 0.29) is 0 Å². The Bertz CT molecular complexity index is 354. The normalized spacial score (nSPS) is 11.1. The van der Waals surface area contributed by atoms with Gasteiger partial charge in [0.1, 0.15) is 5.75 Å². The number of ether oxygens (including phenoxy) is 2. The van der Waals surface area contributed by atoms with Gasteiger partial charge in [0.25, 0.3) is 0 Å². The molecule has 0 fully saturated rings. The lowest BCUT2D eigenvalue weighted by atomic mass is 10.1. The molecule has 1 rings (SSSR count). The number of benzene rings is 1. The van der Waals surface area contributed by atoms with Crippen LogP contribution < -0.4 is 4.74 Å². The van der Waals surface area contributed by atoms with Gasteiger partial charge < -0.3 is 9.47 Å². The van der Waals surface area contributed by atoms with Gasteiger partial charge in [-0.25, -0.2) is 0 Å². The Morgan fingerprint density at radius 2 is 1.70 bits per heavy atom. The third-order valence-corrected chi connectivity index (χ3v) is 3.25. The number of unbranched alkanes of at least 4 members (excludes halogenated alkanes) is 4. The highest BCUT2D eigenvalue weighted by molar-refractivity contribution is 5.26. The second kappa shape index (κ2) is 11.5. The molecule has 0 spiro atoms. The van der Waals surface area contributed by atoms with Crippen molar-refractivity contribution in [3.05, 3.63) is 42.0 Å². The lowest BCUT2D eigenvalue weighted by Gasteiger charge is -2.04. The number of hydrogen-bond acceptors (Lipinski definition) is 2. The smallest absolute Gasteiger partial charge is 0.118 e.